The Kier molecular flexibility index (Phi) is 8.80. The number of aryl methyl sites for hydroxylation is 1. The predicted molar refractivity (Wildman–Crippen MR) is 127 cm³/mol. The molecule has 0 aliphatic rings. The number of ether oxygens (including phenoxy) is 1. The van der Waals surface area contributed by atoms with E-state index in [0.29, 0.717) is 24.2 Å². The molecule has 0 atom stereocenters. The van der Waals surface area contributed by atoms with Crippen molar-refractivity contribution in [3.63, 3.8) is 0 Å². The van der Waals surface area contributed by atoms with E-state index in [4.69, 9.17) is 17.0 Å². The van der Waals surface area contributed by atoms with E-state index in [1.165, 1.54) is 0 Å². The van der Waals surface area contributed by atoms with E-state index in [-0.39, 0.29) is 23.0 Å². The third-order valence-corrected chi connectivity index (χ3v) is 4.78. The lowest BCUT2D eigenvalue weighted by atomic mass is 10.1. The van der Waals surface area contributed by atoms with Crippen LogP contribution in [0, 0.1) is 0 Å². The summed E-state index contributed by atoms with van der Waals surface area (Å²) in [5.74, 6) is 0.197. The summed E-state index contributed by atoms with van der Waals surface area (Å²) in [5.41, 5.74) is 2.13. The highest BCUT2D eigenvalue weighted by atomic mass is 79.9. The van der Waals surface area contributed by atoms with Crippen molar-refractivity contribution in [1.82, 2.24) is 10.2 Å². The molecule has 0 fully saturated rings. The van der Waals surface area contributed by atoms with Crippen molar-refractivity contribution in [3.8, 4) is 5.75 Å². The third kappa shape index (κ3) is 7.42. The van der Waals surface area contributed by atoms with Gasteiger partial charge in [-0.05, 0) is 68.4 Å². The molecule has 0 aliphatic heterocycles. The third-order valence-electron chi connectivity index (χ3n) is 4.09. The number of nitrogens with zero attached hydrogens (tertiary/aromatic N) is 1. The number of thiocarbonyl (C=S) groups is 1. The largest absolute Gasteiger partial charge is 0.490 e. The summed E-state index contributed by atoms with van der Waals surface area (Å²) in [4.78, 5) is 26.1. The summed E-state index contributed by atoms with van der Waals surface area (Å²) in [6.45, 7) is 3.80. The summed E-state index contributed by atoms with van der Waals surface area (Å²) in [6, 6.07) is 12.8. The van der Waals surface area contributed by atoms with Crippen LogP contribution < -0.4 is 15.4 Å². The maximum atomic E-state index is 12.7. The molecule has 30 heavy (non-hydrogen) atoms. The van der Waals surface area contributed by atoms with Gasteiger partial charge in [0.15, 0.2) is 5.11 Å². The molecule has 160 valence electrons. The topological polar surface area (TPSA) is 70.7 Å². The number of carbonyl (C=O) groups is 2. The van der Waals surface area contributed by atoms with Gasteiger partial charge in [-0.15, -0.1) is 0 Å². The maximum Gasteiger partial charge on any atom is 0.261 e. The van der Waals surface area contributed by atoms with E-state index in [2.05, 4.69) is 26.6 Å². The lowest BCUT2D eigenvalue weighted by Crippen LogP contribution is -2.34. The molecule has 2 N–H and O–H groups in total. The predicted octanol–water partition coefficient (Wildman–Crippen LogP) is 4.38. The minimum absolute atomic E-state index is 0.0649. The van der Waals surface area contributed by atoms with Gasteiger partial charge < -0.3 is 15.0 Å². The van der Waals surface area contributed by atoms with Crippen molar-refractivity contribution in [2.45, 2.75) is 32.8 Å². The molecule has 8 heteroatoms. The molecule has 0 radical (unpaired) electrons. The van der Waals surface area contributed by atoms with Crippen LogP contribution in [0.4, 0.5) is 5.69 Å². The molecule has 2 aromatic carbocycles. The van der Waals surface area contributed by atoms with Gasteiger partial charge in [0.1, 0.15) is 5.75 Å². The normalized spacial score (nSPS) is 10.5. The van der Waals surface area contributed by atoms with Crippen LogP contribution in [0.25, 0.3) is 0 Å². The Hall–Kier alpha value is -2.45. The molecule has 0 bridgehead atoms. The zero-order valence-corrected chi connectivity index (χ0v) is 19.9. The molecular formula is C22H26BrN3O3S. The molecule has 0 heterocycles. The Balaban J connectivity index is 2.02. The highest BCUT2D eigenvalue weighted by Gasteiger charge is 2.16. The van der Waals surface area contributed by atoms with Crippen LogP contribution in [-0.2, 0) is 11.2 Å². The van der Waals surface area contributed by atoms with Crippen molar-refractivity contribution >= 4 is 50.8 Å². The summed E-state index contributed by atoms with van der Waals surface area (Å²) < 4.78 is 6.49. The smallest absolute Gasteiger partial charge is 0.261 e. The van der Waals surface area contributed by atoms with E-state index < -0.39 is 0 Å². The van der Waals surface area contributed by atoms with Crippen LogP contribution in [0.1, 0.15) is 36.2 Å². The Morgan fingerprint density at radius 2 is 1.90 bits per heavy atom. The molecule has 0 saturated carbocycles. The highest BCUT2D eigenvalue weighted by Crippen LogP contribution is 2.24. The van der Waals surface area contributed by atoms with Gasteiger partial charge in [-0.3, -0.25) is 14.9 Å². The lowest BCUT2D eigenvalue weighted by Gasteiger charge is -2.15. The molecule has 2 aromatic rings. The Bertz CT molecular complexity index is 932. The molecule has 0 saturated heterocycles. The quantitative estimate of drug-likeness (QED) is 0.562. The second-order valence-corrected chi connectivity index (χ2v) is 8.53. The molecule has 2 amide bonds. The number of hydrogen-bond acceptors (Lipinski definition) is 4. The summed E-state index contributed by atoms with van der Waals surface area (Å²) in [6.07, 6.45) is 0.989. The first-order valence-corrected chi connectivity index (χ1v) is 10.7. The molecule has 2 rings (SSSR count). The first kappa shape index (κ1) is 23.8. The van der Waals surface area contributed by atoms with E-state index >= 15 is 0 Å². The van der Waals surface area contributed by atoms with Crippen LogP contribution >= 0.6 is 28.1 Å². The van der Waals surface area contributed by atoms with E-state index in [1.54, 1.807) is 31.1 Å². The van der Waals surface area contributed by atoms with Gasteiger partial charge >= 0.3 is 0 Å². The molecule has 0 spiro atoms. The van der Waals surface area contributed by atoms with Crippen LogP contribution in [0.5, 0.6) is 5.75 Å². The van der Waals surface area contributed by atoms with Crippen molar-refractivity contribution in [2.75, 3.05) is 19.4 Å². The van der Waals surface area contributed by atoms with Gasteiger partial charge in [0, 0.05) is 30.7 Å². The minimum Gasteiger partial charge on any atom is -0.490 e. The second-order valence-electron chi connectivity index (χ2n) is 7.20. The van der Waals surface area contributed by atoms with Crippen LogP contribution in [0.15, 0.2) is 46.9 Å². The molecule has 6 nitrogen and oxygen atoms in total. The first-order chi connectivity index (χ1) is 14.2. The SMILES string of the molecule is CC(C)Oc1ccc(Br)cc1C(=O)NC(=S)Nc1cccc(CCC(=O)N(C)C)c1. The first-order valence-electron chi connectivity index (χ1n) is 9.53. The van der Waals surface area contributed by atoms with E-state index in [0.717, 1.165) is 15.7 Å². The molecule has 0 aromatic heterocycles. The van der Waals surface area contributed by atoms with E-state index in [1.807, 2.05) is 44.2 Å². The Morgan fingerprint density at radius 3 is 2.57 bits per heavy atom. The number of nitrogens with one attached hydrogen (secondary N) is 2. The Morgan fingerprint density at radius 1 is 1.17 bits per heavy atom. The summed E-state index contributed by atoms with van der Waals surface area (Å²) >= 11 is 8.68. The number of rotatable bonds is 7. The molecule has 0 unspecified atom stereocenters. The van der Waals surface area contributed by atoms with Crippen molar-refractivity contribution in [3.05, 3.63) is 58.1 Å². The number of carbonyl (C=O) groups excluding carboxylic acids is 2. The zero-order chi connectivity index (χ0) is 22.3. The van der Waals surface area contributed by atoms with Crippen LogP contribution in [-0.4, -0.2) is 42.0 Å². The van der Waals surface area contributed by atoms with E-state index in [9.17, 15) is 9.59 Å². The van der Waals surface area contributed by atoms with Crippen molar-refractivity contribution in [1.29, 1.82) is 0 Å². The van der Waals surface area contributed by atoms with Crippen molar-refractivity contribution < 1.29 is 14.3 Å². The number of benzene rings is 2. The number of hydrogen-bond donors (Lipinski definition) is 2. The average molecular weight is 492 g/mol. The molecule has 0 aliphatic carbocycles. The van der Waals surface area contributed by atoms with Crippen LogP contribution in [0.2, 0.25) is 0 Å². The highest BCUT2D eigenvalue weighted by molar-refractivity contribution is 9.10. The minimum atomic E-state index is -0.364. The fourth-order valence-corrected chi connectivity index (χ4v) is 3.22. The van der Waals surface area contributed by atoms with Gasteiger partial charge in [-0.2, -0.15) is 0 Å². The Labute approximate surface area is 191 Å². The fraction of sp³-hybridized carbons (Fsp3) is 0.318. The van der Waals surface area contributed by atoms with Gasteiger partial charge in [-0.25, -0.2) is 0 Å². The summed E-state index contributed by atoms with van der Waals surface area (Å²) in [7, 11) is 3.48. The number of anilines is 1. The molecular weight excluding hydrogens is 466 g/mol. The van der Waals surface area contributed by atoms with Crippen molar-refractivity contribution in [2.24, 2.45) is 0 Å². The summed E-state index contributed by atoms with van der Waals surface area (Å²) in [5, 5.41) is 5.89. The maximum absolute atomic E-state index is 12.7. The van der Waals surface area contributed by atoms with Gasteiger partial charge in [-0.1, -0.05) is 28.1 Å². The van der Waals surface area contributed by atoms with Gasteiger partial charge in [0.25, 0.3) is 5.91 Å². The number of amides is 2. The average Bonchev–Trinajstić information content (AvgIpc) is 2.67. The number of halogens is 1. The standard InChI is InChI=1S/C22H26BrN3O3S/c1-14(2)29-19-10-9-16(23)13-18(19)21(28)25-22(30)24-17-7-5-6-15(12-17)8-11-20(27)26(3)4/h5-7,9-10,12-14H,8,11H2,1-4H3,(H2,24,25,28,30). The fourth-order valence-electron chi connectivity index (χ4n) is 2.65. The van der Waals surface area contributed by atoms with Gasteiger partial charge in [0.05, 0.1) is 11.7 Å². The second kappa shape index (κ2) is 11.1. The monoisotopic (exact) mass is 491 g/mol. The van der Waals surface area contributed by atoms with Gasteiger partial charge in [0.2, 0.25) is 5.91 Å². The lowest BCUT2D eigenvalue weighted by molar-refractivity contribution is -0.128. The van der Waals surface area contributed by atoms with Crippen LogP contribution in [0.3, 0.4) is 0 Å². The zero-order valence-electron chi connectivity index (χ0n) is 17.5.